The molecule has 1 amide bonds. The molecule has 3 N–H and O–H groups in total. The summed E-state index contributed by atoms with van der Waals surface area (Å²) in [6.45, 7) is 1.95. The molecule has 4 rings (SSSR count). The van der Waals surface area contributed by atoms with Gasteiger partial charge in [0.05, 0.1) is 43.0 Å². The van der Waals surface area contributed by atoms with Crippen LogP contribution in [0, 0.1) is 29.6 Å². The number of amides is 1. The number of methoxy groups -OCH3 is 1. The number of hydrogen-bond acceptors (Lipinski definition) is 10. The molecule has 2 aromatic heterocycles. The lowest BCUT2D eigenvalue weighted by Crippen LogP contribution is -2.35. The Morgan fingerprint density at radius 3 is 2.88 bits per heavy atom. The zero-order valence-corrected chi connectivity index (χ0v) is 18.1. The summed E-state index contributed by atoms with van der Waals surface area (Å²) in [5, 5.41) is 12.7. The number of fused-ring (bicyclic) bond motifs is 1. The van der Waals surface area contributed by atoms with Crippen molar-refractivity contribution < 1.29 is 14.3 Å². The van der Waals surface area contributed by atoms with Crippen molar-refractivity contribution >= 4 is 28.5 Å². The fraction of sp³-hybridized carbons (Fsp3) is 0.333. The van der Waals surface area contributed by atoms with Crippen LogP contribution in [0.25, 0.3) is 0 Å². The second kappa shape index (κ2) is 8.02. The predicted molar refractivity (Wildman–Crippen MR) is 118 cm³/mol. The van der Waals surface area contributed by atoms with E-state index in [0.717, 1.165) is 0 Å². The number of nitriles is 1. The summed E-state index contributed by atoms with van der Waals surface area (Å²) >= 11 is 1.29. The zero-order valence-electron chi connectivity index (χ0n) is 17.3. The quantitative estimate of drug-likeness (QED) is 0.628. The predicted octanol–water partition coefficient (Wildman–Crippen LogP) is 1.70. The van der Waals surface area contributed by atoms with Crippen molar-refractivity contribution in [3.05, 3.63) is 35.9 Å². The first-order valence-corrected chi connectivity index (χ1v) is 10.4. The third-order valence-corrected chi connectivity index (χ3v) is 6.63. The van der Waals surface area contributed by atoms with Gasteiger partial charge in [0.25, 0.3) is 5.91 Å². The first-order valence-electron chi connectivity index (χ1n) is 9.55. The maximum atomic E-state index is 12.6. The van der Waals surface area contributed by atoms with Crippen molar-refractivity contribution in [1.82, 2.24) is 15.0 Å². The number of anilines is 1. The molecule has 0 aromatic carbocycles. The Balaban J connectivity index is 1.61. The smallest absolute Gasteiger partial charge is 0.275 e. The minimum atomic E-state index is -0.819. The van der Waals surface area contributed by atoms with Gasteiger partial charge >= 0.3 is 0 Å². The Kier molecular flexibility index (Phi) is 5.36. The molecule has 1 fully saturated rings. The summed E-state index contributed by atoms with van der Waals surface area (Å²) in [6.07, 6.45) is 9.86. The van der Waals surface area contributed by atoms with Gasteiger partial charge in [0.1, 0.15) is 10.4 Å². The topological polar surface area (TPSA) is 148 Å². The van der Waals surface area contributed by atoms with Crippen LogP contribution in [0.5, 0.6) is 11.8 Å². The van der Waals surface area contributed by atoms with Crippen molar-refractivity contribution in [2.24, 2.45) is 16.6 Å². The highest BCUT2D eigenvalue weighted by atomic mass is 32.2. The third-order valence-electron chi connectivity index (χ3n) is 5.42. The van der Waals surface area contributed by atoms with Gasteiger partial charge in [0.15, 0.2) is 11.8 Å². The second-order valence-electron chi connectivity index (χ2n) is 7.43. The van der Waals surface area contributed by atoms with Gasteiger partial charge in [-0.2, -0.15) is 5.26 Å². The van der Waals surface area contributed by atoms with Crippen LogP contribution < -0.4 is 20.5 Å². The van der Waals surface area contributed by atoms with E-state index in [0.29, 0.717) is 28.7 Å². The molecule has 0 radical (unpaired) electrons. The molecular formula is C21H19N7O3S. The van der Waals surface area contributed by atoms with Crippen molar-refractivity contribution in [3.8, 4) is 30.2 Å². The van der Waals surface area contributed by atoms with Crippen LogP contribution >= 0.6 is 11.8 Å². The van der Waals surface area contributed by atoms with Crippen LogP contribution in [0.15, 0.2) is 29.6 Å². The third kappa shape index (κ3) is 3.67. The van der Waals surface area contributed by atoms with E-state index in [9.17, 15) is 10.1 Å². The summed E-state index contributed by atoms with van der Waals surface area (Å²) in [5.74, 6) is 2.35. The number of aromatic nitrogens is 3. The van der Waals surface area contributed by atoms with Gasteiger partial charge in [-0.3, -0.25) is 9.79 Å². The van der Waals surface area contributed by atoms with Gasteiger partial charge in [-0.25, -0.2) is 15.0 Å². The molecule has 1 aliphatic carbocycles. The number of nitrogens with zero attached hydrogens (tertiary/aromatic N) is 5. The normalized spacial score (nSPS) is 25.4. The second-order valence-corrected chi connectivity index (χ2v) is 8.78. The van der Waals surface area contributed by atoms with Crippen molar-refractivity contribution in [1.29, 1.82) is 5.26 Å². The molecule has 0 spiro atoms. The summed E-state index contributed by atoms with van der Waals surface area (Å²) in [4.78, 5) is 29.7. The summed E-state index contributed by atoms with van der Waals surface area (Å²) < 4.78 is 10.00. The van der Waals surface area contributed by atoms with Crippen molar-refractivity contribution in [3.63, 3.8) is 0 Å². The Morgan fingerprint density at radius 2 is 2.22 bits per heavy atom. The molecule has 2 aliphatic rings. The highest BCUT2D eigenvalue weighted by molar-refractivity contribution is 8.15. The molecule has 2 aromatic rings. The molecule has 10 nitrogen and oxygen atoms in total. The maximum Gasteiger partial charge on any atom is 0.275 e. The molecule has 3 heterocycles. The molecule has 0 saturated heterocycles. The molecule has 3 atom stereocenters. The Morgan fingerprint density at radius 1 is 1.41 bits per heavy atom. The largest absolute Gasteiger partial charge is 0.481 e. The average molecular weight is 449 g/mol. The molecule has 1 aliphatic heterocycles. The van der Waals surface area contributed by atoms with Crippen LogP contribution in [0.1, 0.15) is 29.4 Å². The molecular weight excluding hydrogens is 430 g/mol. The van der Waals surface area contributed by atoms with E-state index in [1.54, 1.807) is 6.07 Å². The number of terminal acetylenes is 1. The number of ether oxygens (including phenoxy) is 2. The van der Waals surface area contributed by atoms with E-state index >= 15 is 0 Å². The maximum absolute atomic E-state index is 12.6. The minimum absolute atomic E-state index is 0.0544. The standard InChI is InChI=1S/C21H19N7O3S/c1-4-5-31-16-10-24-14(9-25-16)17(29)27-12-6-13(18(30-3)26-8-12)20(2)15-7-21(15,11-22)32-19(23)28-20/h1,6,8-10,15H,5,7H2,2-3H3,(H2,23,28)(H,27,29)/t15?,20-,21-/m1/s1. The van der Waals surface area contributed by atoms with Gasteiger partial charge < -0.3 is 20.5 Å². The first kappa shape index (κ1) is 21.4. The highest BCUT2D eigenvalue weighted by Crippen LogP contribution is 2.66. The first-order chi connectivity index (χ1) is 15.3. The fourth-order valence-corrected chi connectivity index (χ4v) is 5.06. The number of thioether (sulfide) groups is 1. The number of rotatable bonds is 6. The van der Waals surface area contributed by atoms with Crippen LogP contribution in [-0.4, -0.2) is 44.5 Å². The van der Waals surface area contributed by atoms with Crippen molar-refractivity contribution in [2.75, 3.05) is 19.0 Å². The van der Waals surface area contributed by atoms with Crippen molar-refractivity contribution in [2.45, 2.75) is 23.6 Å². The fourth-order valence-electron chi connectivity index (χ4n) is 3.78. The van der Waals surface area contributed by atoms with Gasteiger partial charge in [-0.1, -0.05) is 17.7 Å². The molecule has 162 valence electrons. The van der Waals surface area contributed by atoms with Gasteiger partial charge in [0, 0.05) is 11.5 Å². The lowest BCUT2D eigenvalue weighted by molar-refractivity contribution is 0.102. The van der Waals surface area contributed by atoms with E-state index in [1.807, 2.05) is 6.92 Å². The molecule has 11 heteroatoms. The molecule has 0 bridgehead atoms. The van der Waals surface area contributed by atoms with E-state index in [-0.39, 0.29) is 24.1 Å². The number of nitrogens with one attached hydrogen (secondary N) is 1. The summed E-state index contributed by atoms with van der Waals surface area (Å²) in [5.41, 5.74) is 6.36. The van der Waals surface area contributed by atoms with E-state index in [2.05, 4.69) is 37.3 Å². The van der Waals surface area contributed by atoms with Gasteiger partial charge in [-0.05, 0) is 19.4 Å². The van der Waals surface area contributed by atoms with Gasteiger partial charge in [-0.15, -0.1) is 6.42 Å². The molecule has 1 saturated carbocycles. The number of amidine groups is 1. The Hall–Kier alpha value is -3.83. The number of hydrogen-bond donors (Lipinski definition) is 2. The molecule has 1 unspecified atom stereocenters. The van der Waals surface area contributed by atoms with E-state index in [4.69, 9.17) is 21.6 Å². The average Bonchev–Trinajstić information content (AvgIpc) is 3.54. The Labute approximate surface area is 188 Å². The lowest BCUT2D eigenvalue weighted by atomic mass is 9.86. The summed E-state index contributed by atoms with van der Waals surface area (Å²) in [6, 6.07) is 4.10. The van der Waals surface area contributed by atoms with Crippen LogP contribution in [0.4, 0.5) is 5.69 Å². The monoisotopic (exact) mass is 449 g/mol. The number of aliphatic imine (C=N–C) groups is 1. The molecule has 32 heavy (non-hydrogen) atoms. The summed E-state index contributed by atoms with van der Waals surface area (Å²) in [7, 11) is 1.50. The van der Waals surface area contributed by atoms with Crippen LogP contribution in [0.3, 0.4) is 0 Å². The van der Waals surface area contributed by atoms with Gasteiger partial charge in [0.2, 0.25) is 11.8 Å². The van der Waals surface area contributed by atoms with E-state index < -0.39 is 16.2 Å². The number of nitrogens with two attached hydrogens (primary N) is 1. The minimum Gasteiger partial charge on any atom is -0.481 e. The Bertz CT molecular complexity index is 1190. The number of carbonyl (C=O) groups excluding carboxylic acids is 1. The lowest BCUT2D eigenvalue weighted by Gasteiger charge is -2.32. The van der Waals surface area contributed by atoms with Crippen LogP contribution in [-0.2, 0) is 5.54 Å². The number of pyridine rings is 1. The zero-order chi connectivity index (χ0) is 22.9. The SMILES string of the molecule is C#CCOc1cnc(C(=O)Nc2cnc(OC)c([C@@]3(C)N=C(N)S[C@@]4(C#N)CC43)c2)cn1. The van der Waals surface area contributed by atoms with E-state index in [1.165, 1.54) is 37.5 Å². The van der Waals surface area contributed by atoms with Crippen LogP contribution in [0.2, 0.25) is 0 Å². The highest BCUT2D eigenvalue weighted by Gasteiger charge is 2.67. The number of carbonyl (C=O) groups is 1.